The Hall–Kier alpha value is -0.120. The maximum atomic E-state index is 3.68. The van der Waals surface area contributed by atoms with Crippen LogP contribution in [0.4, 0.5) is 0 Å². The van der Waals surface area contributed by atoms with E-state index in [0.717, 1.165) is 11.8 Å². The summed E-state index contributed by atoms with van der Waals surface area (Å²) in [5, 5.41) is 4.47. The van der Waals surface area contributed by atoms with Crippen LogP contribution in [0, 0.1) is 13.8 Å². The van der Waals surface area contributed by atoms with Gasteiger partial charge in [0.25, 0.3) is 0 Å². The summed E-state index contributed by atoms with van der Waals surface area (Å²) in [5.41, 5.74) is 4.18. The van der Waals surface area contributed by atoms with E-state index in [-0.39, 0.29) is 0 Å². The van der Waals surface area contributed by atoms with Crippen LogP contribution in [0.2, 0.25) is 0 Å². The van der Waals surface area contributed by atoms with Crippen molar-refractivity contribution in [2.75, 3.05) is 23.8 Å². The predicted octanol–water partition coefficient (Wildman–Crippen LogP) is 3.80. The molecule has 0 aromatic heterocycles. The molecule has 1 N–H and O–H groups in total. The highest BCUT2D eigenvalue weighted by Crippen LogP contribution is 2.24. The monoisotopic (exact) mass is 281 g/mol. The van der Waals surface area contributed by atoms with Crippen LogP contribution in [-0.4, -0.2) is 29.1 Å². The lowest BCUT2D eigenvalue weighted by Gasteiger charge is -2.24. The van der Waals surface area contributed by atoms with E-state index in [9.17, 15) is 0 Å². The van der Waals surface area contributed by atoms with Crippen molar-refractivity contribution < 1.29 is 0 Å². The van der Waals surface area contributed by atoms with E-state index in [0.29, 0.717) is 6.04 Å². The van der Waals surface area contributed by atoms with E-state index < -0.39 is 0 Å². The summed E-state index contributed by atoms with van der Waals surface area (Å²) in [4.78, 5) is 0. The van der Waals surface area contributed by atoms with Crippen molar-refractivity contribution >= 4 is 23.5 Å². The number of aryl methyl sites for hydroxylation is 2. The summed E-state index contributed by atoms with van der Waals surface area (Å²) in [6, 6.07) is 7.25. The third-order valence-corrected chi connectivity index (χ3v) is 6.41. The first-order chi connectivity index (χ1) is 8.66. The summed E-state index contributed by atoms with van der Waals surface area (Å²) >= 11 is 4.22. The van der Waals surface area contributed by atoms with Gasteiger partial charge < -0.3 is 5.32 Å². The minimum Gasteiger partial charge on any atom is -0.309 e. The van der Waals surface area contributed by atoms with Gasteiger partial charge in [-0.25, -0.2) is 0 Å². The van der Waals surface area contributed by atoms with Crippen molar-refractivity contribution in [3.05, 3.63) is 34.9 Å². The summed E-state index contributed by atoms with van der Waals surface area (Å²) in [7, 11) is 0. The molecule has 2 atom stereocenters. The molecule has 0 spiro atoms. The largest absolute Gasteiger partial charge is 0.309 e. The van der Waals surface area contributed by atoms with Crippen LogP contribution < -0.4 is 5.32 Å². The SMILES string of the molecule is Cc1ccc(C(C)NCC2CSCCS2)cc1C. The number of hydrogen-bond donors (Lipinski definition) is 1. The molecule has 1 fully saturated rings. The molecular weight excluding hydrogens is 258 g/mol. The molecule has 1 nitrogen and oxygen atoms in total. The third-order valence-electron chi connectivity index (χ3n) is 3.57. The van der Waals surface area contributed by atoms with Crippen molar-refractivity contribution in [3.63, 3.8) is 0 Å². The van der Waals surface area contributed by atoms with E-state index in [1.54, 1.807) is 0 Å². The van der Waals surface area contributed by atoms with Crippen LogP contribution in [0.5, 0.6) is 0 Å². The van der Waals surface area contributed by atoms with Gasteiger partial charge in [0.1, 0.15) is 0 Å². The van der Waals surface area contributed by atoms with Gasteiger partial charge in [0, 0.05) is 35.1 Å². The summed E-state index contributed by atoms with van der Waals surface area (Å²) in [6.45, 7) is 7.77. The highest BCUT2D eigenvalue weighted by molar-refractivity contribution is 8.06. The van der Waals surface area contributed by atoms with Crippen LogP contribution >= 0.6 is 23.5 Å². The Labute approximate surface area is 120 Å². The smallest absolute Gasteiger partial charge is 0.0292 e. The van der Waals surface area contributed by atoms with E-state index in [2.05, 4.69) is 67.8 Å². The summed E-state index contributed by atoms with van der Waals surface area (Å²) < 4.78 is 0. The first-order valence-corrected chi connectivity index (χ1v) is 8.87. The van der Waals surface area contributed by atoms with Crippen LogP contribution in [0.15, 0.2) is 18.2 Å². The van der Waals surface area contributed by atoms with Gasteiger partial charge in [-0.1, -0.05) is 18.2 Å². The minimum absolute atomic E-state index is 0.455. The van der Waals surface area contributed by atoms with Gasteiger partial charge in [-0.2, -0.15) is 23.5 Å². The van der Waals surface area contributed by atoms with E-state index in [1.165, 1.54) is 33.9 Å². The van der Waals surface area contributed by atoms with Gasteiger partial charge in [-0.3, -0.25) is 0 Å². The van der Waals surface area contributed by atoms with Gasteiger partial charge in [0.15, 0.2) is 0 Å². The highest BCUT2D eigenvalue weighted by Gasteiger charge is 2.15. The van der Waals surface area contributed by atoms with Crippen molar-refractivity contribution in [1.82, 2.24) is 5.32 Å². The molecule has 1 heterocycles. The zero-order chi connectivity index (χ0) is 13.0. The second-order valence-electron chi connectivity index (χ2n) is 5.04. The first kappa shape index (κ1) is 14.3. The third kappa shape index (κ3) is 3.94. The van der Waals surface area contributed by atoms with Gasteiger partial charge in [0.2, 0.25) is 0 Å². The second-order valence-corrected chi connectivity index (χ2v) is 7.60. The molecule has 0 bridgehead atoms. The van der Waals surface area contributed by atoms with Crippen molar-refractivity contribution in [1.29, 1.82) is 0 Å². The molecule has 2 unspecified atom stereocenters. The Morgan fingerprint density at radius 2 is 2.11 bits per heavy atom. The molecule has 18 heavy (non-hydrogen) atoms. The number of thioether (sulfide) groups is 2. The fourth-order valence-electron chi connectivity index (χ4n) is 2.11. The second kappa shape index (κ2) is 6.88. The number of hydrogen-bond acceptors (Lipinski definition) is 3. The van der Waals surface area contributed by atoms with Gasteiger partial charge in [-0.15, -0.1) is 0 Å². The molecule has 1 saturated heterocycles. The number of rotatable bonds is 4. The lowest BCUT2D eigenvalue weighted by Crippen LogP contribution is -2.30. The molecule has 100 valence electrons. The van der Waals surface area contributed by atoms with Crippen LogP contribution in [-0.2, 0) is 0 Å². The van der Waals surface area contributed by atoms with E-state index in [4.69, 9.17) is 0 Å². The quantitative estimate of drug-likeness (QED) is 0.901. The molecule has 3 heteroatoms. The summed E-state index contributed by atoms with van der Waals surface area (Å²) in [5.74, 6) is 3.94. The van der Waals surface area contributed by atoms with Gasteiger partial charge >= 0.3 is 0 Å². The van der Waals surface area contributed by atoms with Gasteiger partial charge in [-0.05, 0) is 37.5 Å². The molecule has 1 aromatic rings. The fraction of sp³-hybridized carbons (Fsp3) is 0.600. The Morgan fingerprint density at radius 1 is 1.28 bits per heavy atom. The number of nitrogens with one attached hydrogen (secondary N) is 1. The molecule has 1 aliphatic heterocycles. The van der Waals surface area contributed by atoms with Crippen molar-refractivity contribution in [2.24, 2.45) is 0 Å². The maximum Gasteiger partial charge on any atom is 0.0292 e. The maximum absolute atomic E-state index is 3.68. The molecule has 1 aromatic carbocycles. The topological polar surface area (TPSA) is 12.0 Å². The average molecular weight is 281 g/mol. The van der Waals surface area contributed by atoms with Crippen molar-refractivity contribution in [2.45, 2.75) is 32.1 Å². The Balaban J connectivity index is 1.86. The fourth-order valence-corrected chi connectivity index (χ4v) is 4.74. The van der Waals surface area contributed by atoms with E-state index >= 15 is 0 Å². The Bertz CT molecular complexity index is 386. The molecule has 0 saturated carbocycles. The van der Waals surface area contributed by atoms with Crippen LogP contribution in [0.3, 0.4) is 0 Å². The molecular formula is C15H23NS2. The number of benzene rings is 1. The minimum atomic E-state index is 0.455. The lowest BCUT2D eigenvalue weighted by molar-refractivity contribution is 0.576. The Kier molecular flexibility index (Phi) is 5.46. The van der Waals surface area contributed by atoms with Crippen LogP contribution in [0.25, 0.3) is 0 Å². The Morgan fingerprint density at radius 3 is 2.78 bits per heavy atom. The van der Waals surface area contributed by atoms with Gasteiger partial charge in [0.05, 0.1) is 0 Å². The average Bonchev–Trinajstić information content (AvgIpc) is 2.40. The molecule has 2 rings (SSSR count). The first-order valence-electron chi connectivity index (χ1n) is 6.66. The highest BCUT2D eigenvalue weighted by atomic mass is 32.2. The van der Waals surface area contributed by atoms with E-state index in [1.807, 2.05) is 0 Å². The molecule has 1 aliphatic rings. The van der Waals surface area contributed by atoms with Crippen molar-refractivity contribution in [3.8, 4) is 0 Å². The standard InChI is InChI=1S/C15H23NS2/c1-11-4-5-14(8-12(11)2)13(3)16-9-15-10-17-6-7-18-15/h4-5,8,13,15-16H,6-7,9-10H2,1-3H3. The predicted molar refractivity (Wildman–Crippen MR) is 85.9 cm³/mol. The molecule has 0 radical (unpaired) electrons. The normalized spacial score (nSPS) is 21.8. The molecule has 0 aliphatic carbocycles. The zero-order valence-corrected chi connectivity index (χ0v) is 13.2. The van der Waals surface area contributed by atoms with Crippen LogP contribution in [0.1, 0.15) is 29.7 Å². The lowest BCUT2D eigenvalue weighted by atomic mass is 10.0. The molecule has 0 amide bonds. The summed E-state index contributed by atoms with van der Waals surface area (Å²) in [6.07, 6.45) is 0. The zero-order valence-electron chi connectivity index (χ0n) is 11.5.